The van der Waals surface area contributed by atoms with Gasteiger partial charge in [0, 0.05) is 18.8 Å². The Balaban J connectivity index is 2.53. The van der Waals surface area contributed by atoms with Crippen LogP contribution in [0.2, 0.25) is 0 Å². The molecule has 0 spiro atoms. The Morgan fingerprint density at radius 2 is 2.00 bits per heavy atom. The first-order chi connectivity index (χ1) is 5.00. The number of nitrogens with one attached hydrogen (secondary N) is 1. The van der Waals surface area contributed by atoms with Gasteiger partial charge in [0.25, 0.3) is 0 Å². The van der Waals surface area contributed by atoms with E-state index < -0.39 is 9.84 Å². The van der Waals surface area contributed by atoms with Gasteiger partial charge in [-0.2, -0.15) is 0 Å². The summed E-state index contributed by atoms with van der Waals surface area (Å²) in [6, 6.07) is 0.480. The standard InChI is InChI=1S/C7H15NO2S/c1-6-3-4-7(5-8-6)11(2,9)10/h6-8H,3-5H2,1-2H3. The van der Waals surface area contributed by atoms with Crippen molar-refractivity contribution in [1.82, 2.24) is 5.32 Å². The molecular weight excluding hydrogens is 162 g/mol. The van der Waals surface area contributed by atoms with Crippen molar-refractivity contribution in [2.75, 3.05) is 12.8 Å². The second-order valence-corrected chi connectivity index (χ2v) is 5.66. The lowest BCUT2D eigenvalue weighted by atomic mass is 10.1. The Morgan fingerprint density at radius 3 is 2.36 bits per heavy atom. The van der Waals surface area contributed by atoms with E-state index in [9.17, 15) is 8.42 Å². The molecule has 0 aromatic rings. The Labute approximate surface area is 68.1 Å². The third kappa shape index (κ3) is 2.45. The Kier molecular flexibility index (Phi) is 2.54. The predicted molar refractivity (Wildman–Crippen MR) is 45.3 cm³/mol. The number of hydrogen-bond acceptors (Lipinski definition) is 3. The lowest BCUT2D eigenvalue weighted by Crippen LogP contribution is -2.43. The van der Waals surface area contributed by atoms with E-state index >= 15 is 0 Å². The van der Waals surface area contributed by atoms with E-state index in [1.807, 2.05) is 0 Å². The van der Waals surface area contributed by atoms with Gasteiger partial charge in [-0.05, 0) is 19.8 Å². The molecule has 1 N–H and O–H groups in total. The van der Waals surface area contributed by atoms with E-state index in [4.69, 9.17) is 0 Å². The summed E-state index contributed by atoms with van der Waals surface area (Å²) in [6.07, 6.45) is 3.10. The van der Waals surface area contributed by atoms with Gasteiger partial charge < -0.3 is 5.32 Å². The highest BCUT2D eigenvalue weighted by molar-refractivity contribution is 7.91. The van der Waals surface area contributed by atoms with E-state index in [2.05, 4.69) is 12.2 Å². The van der Waals surface area contributed by atoms with Gasteiger partial charge in [-0.25, -0.2) is 8.42 Å². The first-order valence-electron chi connectivity index (χ1n) is 3.92. The van der Waals surface area contributed by atoms with Gasteiger partial charge >= 0.3 is 0 Å². The fourth-order valence-electron chi connectivity index (χ4n) is 1.34. The maximum atomic E-state index is 11.1. The fourth-order valence-corrected chi connectivity index (χ4v) is 2.30. The number of sulfone groups is 1. The van der Waals surface area contributed by atoms with Crippen LogP contribution in [-0.2, 0) is 9.84 Å². The smallest absolute Gasteiger partial charge is 0.151 e. The van der Waals surface area contributed by atoms with Crippen molar-refractivity contribution in [2.24, 2.45) is 0 Å². The van der Waals surface area contributed by atoms with Crippen molar-refractivity contribution in [1.29, 1.82) is 0 Å². The predicted octanol–water partition coefficient (Wildman–Crippen LogP) is 0.172. The molecule has 1 heterocycles. The molecular formula is C7H15NO2S. The largest absolute Gasteiger partial charge is 0.313 e. The molecule has 1 fully saturated rings. The summed E-state index contributed by atoms with van der Waals surface area (Å²) in [5, 5.41) is 3.01. The van der Waals surface area contributed by atoms with Gasteiger partial charge in [0.15, 0.2) is 9.84 Å². The third-order valence-electron chi connectivity index (χ3n) is 2.22. The van der Waals surface area contributed by atoms with Crippen molar-refractivity contribution in [3.63, 3.8) is 0 Å². The lowest BCUT2D eigenvalue weighted by molar-refractivity contribution is 0.420. The molecule has 0 radical (unpaired) electrons. The summed E-state index contributed by atoms with van der Waals surface area (Å²) in [5.74, 6) is 0. The molecule has 0 aliphatic carbocycles. The zero-order valence-corrected chi connectivity index (χ0v) is 7.82. The first kappa shape index (κ1) is 9.00. The molecule has 11 heavy (non-hydrogen) atoms. The number of piperidine rings is 1. The Morgan fingerprint density at radius 1 is 1.36 bits per heavy atom. The molecule has 0 aromatic heterocycles. The highest BCUT2D eigenvalue weighted by Gasteiger charge is 2.25. The second kappa shape index (κ2) is 3.11. The van der Waals surface area contributed by atoms with Crippen molar-refractivity contribution in [2.45, 2.75) is 31.1 Å². The zero-order chi connectivity index (χ0) is 8.48. The van der Waals surface area contributed by atoms with E-state index in [1.165, 1.54) is 6.26 Å². The average Bonchev–Trinajstić information content (AvgIpc) is 1.86. The fraction of sp³-hybridized carbons (Fsp3) is 1.00. The van der Waals surface area contributed by atoms with Gasteiger partial charge in [-0.15, -0.1) is 0 Å². The van der Waals surface area contributed by atoms with E-state index in [-0.39, 0.29) is 5.25 Å². The van der Waals surface area contributed by atoms with Gasteiger partial charge in [-0.3, -0.25) is 0 Å². The molecule has 1 aliphatic rings. The van der Waals surface area contributed by atoms with E-state index in [1.54, 1.807) is 0 Å². The summed E-state index contributed by atoms with van der Waals surface area (Å²) in [6.45, 7) is 2.71. The maximum absolute atomic E-state index is 11.1. The molecule has 4 heteroatoms. The third-order valence-corrected chi connectivity index (χ3v) is 3.83. The summed E-state index contributed by atoms with van der Waals surface area (Å²) in [4.78, 5) is 0. The summed E-state index contributed by atoms with van der Waals surface area (Å²) < 4.78 is 22.1. The van der Waals surface area contributed by atoms with E-state index in [0.29, 0.717) is 12.6 Å². The van der Waals surface area contributed by atoms with Crippen molar-refractivity contribution in [3.8, 4) is 0 Å². The highest BCUT2D eigenvalue weighted by atomic mass is 32.2. The van der Waals surface area contributed by atoms with Crippen LogP contribution in [0, 0.1) is 0 Å². The molecule has 0 aromatic carbocycles. The summed E-state index contributed by atoms with van der Waals surface area (Å²) >= 11 is 0. The molecule has 2 unspecified atom stereocenters. The minimum absolute atomic E-state index is 0.154. The Hall–Kier alpha value is -0.0900. The molecule has 2 atom stereocenters. The number of rotatable bonds is 1. The van der Waals surface area contributed by atoms with Crippen LogP contribution in [0.3, 0.4) is 0 Å². The molecule has 0 bridgehead atoms. The first-order valence-corrected chi connectivity index (χ1v) is 5.88. The van der Waals surface area contributed by atoms with Crippen LogP contribution in [-0.4, -0.2) is 32.5 Å². The normalized spacial score (nSPS) is 33.6. The Bertz CT molecular complexity index is 215. The summed E-state index contributed by atoms with van der Waals surface area (Å²) in [5.41, 5.74) is 0. The quantitative estimate of drug-likeness (QED) is 0.621. The zero-order valence-electron chi connectivity index (χ0n) is 7.00. The average molecular weight is 177 g/mol. The minimum Gasteiger partial charge on any atom is -0.313 e. The monoisotopic (exact) mass is 177 g/mol. The molecule has 0 saturated carbocycles. The van der Waals surface area contributed by atoms with Crippen LogP contribution in [0.1, 0.15) is 19.8 Å². The van der Waals surface area contributed by atoms with Crippen LogP contribution >= 0.6 is 0 Å². The lowest BCUT2D eigenvalue weighted by Gasteiger charge is -2.26. The van der Waals surface area contributed by atoms with Crippen molar-refractivity contribution < 1.29 is 8.42 Å². The van der Waals surface area contributed by atoms with Crippen LogP contribution in [0.25, 0.3) is 0 Å². The molecule has 0 amide bonds. The van der Waals surface area contributed by atoms with Crippen LogP contribution in [0.5, 0.6) is 0 Å². The van der Waals surface area contributed by atoms with Crippen LogP contribution in [0.4, 0.5) is 0 Å². The van der Waals surface area contributed by atoms with Crippen LogP contribution in [0.15, 0.2) is 0 Å². The molecule has 1 aliphatic heterocycles. The highest BCUT2D eigenvalue weighted by Crippen LogP contribution is 2.13. The van der Waals surface area contributed by atoms with Crippen molar-refractivity contribution >= 4 is 9.84 Å². The maximum Gasteiger partial charge on any atom is 0.151 e. The second-order valence-electron chi connectivity index (χ2n) is 3.34. The van der Waals surface area contributed by atoms with Gasteiger partial charge in [0.2, 0.25) is 0 Å². The minimum atomic E-state index is -2.81. The summed E-state index contributed by atoms with van der Waals surface area (Å²) in [7, 11) is -2.81. The van der Waals surface area contributed by atoms with Gasteiger partial charge in [0.1, 0.15) is 0 Å². The van der Waals surface area contributed by atoms with Gasteiger partial charge in [-0.1, -0.05) is 0 Å². The molecule has 66 valence electrons. The van der Waals surface area contributed by atoms with Gasteiger partial charge in [0.05, 0.1) is 5.25 Å². The van der Waals surface area contributed by atoms with E-state index in [0.717, 1.165) is 12.8 Å². The topological polar surface area (TPSA) is 46.2 Å². The van der Waals surface area contributed by atoms with Crippen molar-refractivity contribution in [3.05, 3.63) is 0 Å². The van der Waals surface area contributed by atoms with Crippen LogP contribution < -0.4 is 5.32 Å². The molecule has 1 saturated heterocycles. The molecule has 3 nitrogen and oxygen atoms in total. The molecule has 1 rings (SSSR count). The number of hydrogen-bond donors (Lipinski definition) is 1. The SMILES string of the molecule is CC1CCC(S(C)(=O)=O)CN1.